The van der Waals surface area contributed by atoms with E-state index in [0.29, 0.717) is 12.3 Å². The molecule has 0 aromatic heterocycles. The molecule has 1 aliphatic heterocycles. The van der Waals surface area contributed by atoms with Crippen molar-refractivity contribution in [1.82, 2.24) is 5.32 Å². The average Bonchev–Trinajstić information content (AvgIpc) is 3.14. The molecule has 1 saturated carbocycles. The topological polar surface area (TPSA) is 46.2 Å². The maximum atomic E-state index is 12.1. The first-order chi connectivity index (χ1) is 8.65. The summed E-state index contributed by atoms with van der Waals surface area (Å²) in [6, 6.07) is 8.10. The molecule has 94 valence electrons. The highest BCUT2D eigenvalue weighted by Gasteiger charge is 2.44. The van der Waals surface area contributed by atoms with Crippen LogP contribution in [0.2, 0.25) is 0 Å². The molecule has 18 heavy (non-hydrogen) atoms. The predicted octanol–water partition coefficient (Wildman–Crippen LogP) is 2.15. The van der Waals surface area contributed by atoms with Crippen LogP contribution in [-0.2, 0) is 9.59 Å². The third-order valence-corrected chi connectivity index (χ3v) is 4.06. The van der Waals surface area contributed by atoms with E-state index in [9.17, 15) is 9.59 Å². The van der Waals surface area contributed by atoms with Crippen molar-refractivity contribution in [3.8, 4) is 0 Å². The number of carbonyl (C=O) groups is 2. The number of benzene rings is 1. The van der Waals surface area contributed by atoms with Crippen LogP contribution >= 0.6 is 0 Å². The van der Waals surface area contributed by atoms with Crippen molar-refractivity contribution in [3.05, 3.63) is 35.4 Å². The molecule has 0 radical (unpaired) electrons. The van der Waals surface area contributed by atoms with Crippen LogP contribution in [0.3, 0.4) is 0 Å². The predicted molar refractivity (Wildman–Crippen MR) is 67.9 cm³/mol. The molecule has 3 heteroatoms. The number of rotatable bonds is 2. The fourth-order valence-electron chi connectivity index (χ4n) is 2.93. The molecular formula is C15H17NO2. The maximum Gasteiger partial charge on any atom is 0.234 e. The first kappa shape index (κ1) is 11.5. The maximum absolute atomic E-state index is 12.1. The number of hydrogen-bond acceptors (Lipinski definition) is 2. The van der Waals surface area contributed by atoms with Crippen LogP contribution in [0.5, 0.6) is 0 Å². The third-order valence-electron chi connectivity index (χ3n) is 4.06. The quantitative estimate of drug-likeness (QED) is 0.809. The van der Waals surface area contributed by atoms with E-state index in [4.69, 9.17) is 0 Å². The van der Waals surface area contributed by atoms with Crippen LogP contribution in [0.15, 0.2) is 24.3 Å². The van der Waals surface area contributed by atoms with Crippen LogP contribution in [0, 0.1) is 18.8 Å². The summed E-state index contributed by atoms with van der Waals surface area (Å²) >= 11 is 0. The van der Waals surface area contributed by atoms with Crippen molar-refractivity contribution in [2.75, 3.05) is 0 Å². The summed E-state index contributed by atoms with van der Waals surface area (Å²) < 4.78 is 0. The Labute approximate surface area is 107 Å². The highest BCUT2D eigenvalue weighted by Crippen LogP contribution is 2.47. The average molecular weight is 243 g/mol. The molecule has 2 aliphatic rings. The van der Waals surface area contributed by atoms with Gasteiger partial charge in [-0.1, -0.05) is 29.8 Å². The molecule has 1 aliphatic carbocycles. The molecule has 1 heterocycles. The van der Waals surface area contributed by atoms with E-state index in [0.717, 1.165) is 18.4 Å². The van der Waals surface area contributed by atoms with Crippen LogP contribution in [0.1, 0.15) is 36.3 Å². The van der Waals surface area contributed by atoms with E-state index in [1.54, 1.807) is 0 Å². The number of imide groups is 1. The third kappa shape index (κ3) is 2.05. The molecule has 0 spiro atoms. The lowest BCUT2D eigenvalue weighted by Crippen LogP contribution is -2.45. The molecule has 3 nitrogen and oxygen atoms in total. The van der Waals surface area contributed by atoms with Gasteiger partial charge in [-0.05, 0) is 37.2 Å². The minimum absolute atomic E-state index is 0.111. The van der Waals surface area contributed by atoms with Crippen molar-refractivity contribution in [3.63, 3.8) is 0 Å². The van der Waals surface area contributed by atoms with Gasteiger partial charge < -0.3 is 0 Å². The van der Waals surface area contributed by atoms with Crippen molar-refractivity contribution in [2.45, 2.75) is 32.1 Å². The van der Waals surface area contributed by atoms with Gasteiger partial charge in [-0.3, -0.25) is 14.9 Å². The second-order valence-electron chi connectivity index (χ2n) is 5.51. The van der Waals surface area contributed by atoms with E-state index < -0.39 is 0 Å². The fraction of sp³-hybridized carbons (Fsp3) is 0.467. The van der Waals surface area contributed by atoms with Gasteiger partial charge in [0.2, 0.25) is 11.8 Å². The second-order valence-corrected chi connectivity index (χ2v) is 5.51. The summed E-state index contributed by atoms with van der Waals surface area (Å²) in [6.07, 6.45) is 2.82. The Morgan fingerprint density at radius 3 is 2.39 bits per heavy atom. The van der Waals surface area contributed by atoms with E-state index in [2.05, 4.69) is 5.32 Å². The van der Waals surface area contributed by atoms with Gasteiger partial charge in [0, 0.05) is 6.42 Å². The molecule has 3 rings (SSSR count). The lowest BCUT2D eigenvalue weighted by molar-refractivity contribution is -0.136. The molecule has 1 N–H and O–H groups in total. The van der Waals surface area contributed by atoms with Gasteiger partial charge in [-0.2, -0.15) is 0 Å². The van der Waals surface area contributed by atoms with Gasteiger partial charge in [0.15, 0.2) is 0 Å². The summed E-state index contributed by atoms with van der Waals surface area (Å²) in [5.41, 5.74) is 2.23. The number of aryl methyl sites for hydroxylation is 1. The summed E-state index contributed by atoms with van der Waals surface area (Å²) in [6.45, 7) is 2.03. The molecule has 2 fully saturated rings. The van der Waals surface area contributed by atoms with E-state index in [1.807, 2.05) is 31.2 Å². The Hall–Kier alpha value is -1.64. The van der Waals surface area contributed by atoms with Gasteiger partial charge >= 0.3 is 0 Å². The smallest absolute Gasteiger partial charge is 0.234 e. The first-order valence-electron chi connectivity index (χ1n) is 6.55. The van der Waals surface area contributed by atoms with Gasteiger partial charge in [0.1, 0.15) is 0 Å². The standard InChI is InChI=1S/C15H17NO2/c1-9-2-4-11(5-3-9)14-12(10-6-7-10)8-13(17)16-15(14)18/h2-5,10,12,14H,6-8H2,1H3,(H,16,17,18). The van der Waals surface area contributed by atoms with Crippen LogP contribution in [0.4, 0.5) is 0 Å². The lowest BCUT2D eigenvalue weighted by Gasteiger charge is -2.30. The second kappa shape index (κ2) is 4.23. The zero-order chi connectivity index (χ0) is 12.7. The molecular weight excluding hydrogens is 226 g/mol. The Morgan fingerprint density at radius 1 is 1.11 bits per heavy atom. The molecule has 0 bridgehead atoms. The SMILES string of the molecule is Cc1ccc(C2C(=O)NC(=O)CC2C2CC2)cc1. The van der Waals surface area contributed by atoms with Crippen LogP contribution in [-0.4, -0.2) is 11.8 Å². The van der Waals surface area contributed by atoms with Crippen molar-refractivity contribution >= 4 is 11.8 Å². The van der Waals surface area contributed by atoms with Gasteiger partial charge in [0.25, 0.3) is 0 Å². The molecule has 1 aromatic rings. The van der Waals surface area contributed by atoms with Crippen molar-refractivity contribution in [1.29, 1.82) is 0 Å². The van der Waals surface area contributed by atoms with E-state index in [1.165, 1.54) is 5.56 Å². The Kier molecular flexibility index (Phi) is 2.69. The first-order valence-corrected chi connectivity index (χ1v) is 6.55. The molecule has 1 saturated heterocycles. The summed E-state index contributed by atoms with van der Waals surface area (Å²) in [5, 5.41) is 2.48. The largest absolute Gasteiger partial charge is 0.296 e. The lowest BCUT2D eigenvalue weighted by atomic mass is 9.77. The number of amides is 2. The molecule has 2 amide bonds. The Bertz CT molecular complexity index is 488. The molecule has 2 unspecified atom stereocenters. The number of piperidine rings is 1. The minimum atomic E-state index is -0.143. The number of nitrogens with one attached hydrogen (secondary N) is 1. The van der Waals surface area contributed by atoms with E-state index in [-0.39, 0.29) is 23.7 Å². The van der Waals surface area contributed by atoms with Crippen LogP contribution in [0.25, 0.3) is 0 Å². The van der Waals surface area contributed by atoms with Crippen molar-refractivity contribution < 1.29 is 9.59 Å². The van der Waals surface area contributed by atoms with Gasteiger partial charge in [-0.15, -0.1) is 0 Å². The minimum Gasteiger partial charge on any atom is -0.296 e. The fourth-order valence-corrected chi connectivity index (χ4v) is 2.93. The highest BCUT2D eigenvalue weighted by molar-refractivity contribution is 6.01. The Balaban J connectivity index is 1.93. The monoisotopic (exact) mass is 243 g/mol. The van der Waals surface area contributed by atoms with Crippen molar-refractivity contribution in [2.24, 2.45) is 11.8 Å². The van der Waals surface area contributed by atoms with E-state index >= 15 is 0 Å². The Morgan fingerprint density at radius 2 is 1.78 bits per heavy atom. The summed E-state index contributed by atoms with van der Waals surface area (Å²) in [7, 11) is 0. The van der Waals surface area contributed by atoms with Gasteiger partial charge in [-0.25, -0.2) is 0 Å². The number of hydrogen-bond donors (Lipinski definition) is 1. The zero-order valence-electron chi connectivity index (χ0n) is 10.5. The zero-order valence-corrected chi connectivity index (χ0v) is 10.5. The van der Waals surface area contributed by atoms with Gasteiger partial charge in [0.05, 0.1) is 5.92 Å². The normalized spacial score (nSPS) is 28.1. The summed E-state index contributed by atoms with van der Waals surface area (Å²) in [4.78, 5) is 23.6. The summed E-state index contributed by atoms with van der Waals surface area (Å²) in [5.74, 6) is 0.392. The molecule has 2 atom stereocenters. The number of carbonyl (C=O) groups excluding carboxylic acids is 2. The molecule has 1 aromatic carbocycles. The van der Waals surface area contributed by atoms with Crippen LogP contribution < -0.4 is 5.32 Å². The highest BCUT2D eigenvalue weighted by atomic mass is 16.2.